The highest BCUT2D eigenvalue weighted by Gasteiger charge is 2.09. The number of ether oxygens (including phenoxy) is 1. The minimum Gasteiger partial charge on any atom is -0.497 e. The number of carbonyl (C=O) groups is 1. The van der Waals surface area contributed by atoms with Gasteiger partial charge in [0.15, 0.2) is 0 Å². The van der Waals surface area contributed by atoms with Crippen LogP contribution < -0.4 is 4.74 Å². The third-order valence-electron chi connectivity index (χ3n) is 3.97. The van der Waals surface area contributed by atoms with E-state index >= 15 is 0 Å². The van der Waals surface area contributed by atoms with Crippen LogP contribution in [0.3, 0.4) is 0 Å². The Balaban J connectivity index is 2.08. The molecule has 0 saturated heterocycles. The maximum absolute atomic E-state index is 11.1. The molecular formula is C20H17ClO3. The zero-order valence-corrected chi connectivity index (χ0v) is 14.0. The van der Waals surface area contributed by atoms with Gasteiger partial charge in [-0.3, -0.25) is 4.79 Å². The van der Waals surface area contributed by atoms with E-state index in [0.29, 0.717) is 11.4 Å². The largest absolute Gasteiger partial charge is 0.497 e. The molecule has 3 aromatic carbocycles. The van der Waals surface area contributed by atoms with Crippen LogP contribution in [0.4, 0.5) is 0 Å². The Kier molecular flexibility index (Phi) is 4.72. The SMILES string of the molecule is COc1ccc2c(Cc3ccc(Cl)cc3)cc(CC(=O)O)cc2c1. The lowest BCUT2D eigenvalue weighted by Gasteiger charge is -2.11. The lowest BCUT2D eigenvalue weighted by atomic mass is 9.95. The Labute approximate surface area is 145 Å². The zero-order valence-electron chi connectivity index (χ0n) is 13.3. The summed E-state index contributed by atoms with van der Waals surface area (Å²) in [5, 5.41) is 11.9. The highest BCUT2D eigenvalue weighted by atomic mass is 35.5. The van der Waals surface area contributed by atoms with Gasteiger partial charge in [0.05, 0.1) is 13.5 Å². The van der Waals surface area contributed by atoms with E-state index in [1.807, 2.05) is 54.6 Å². The Bertz CT molecular complexity index is 885. The summed E-state index contributed by atoms with van der Waals surface area (Å²) in [6.45, 7) is 0. The summed E-state index contributed by atoms with van der Waals surface area (Å²) in [5.41, 5.74) is 3.00. The van der Waals surface area contributed by atoms with Crippen LogP contribution in [0.1, 0.15) is 16.7 Å². The molecule has 0 unspecified atom stereocenters. The van der Waals surface area contributed by atoms with Gasteiger partial charge in [0.1, 0.15) is 5.75 Å². The molecule has 4 heteroatoms. The van der Waals surface area contributed by atoms with E-state index in [9.17, 15) is 4.79 Å². The maximum atomic E-state index is 11.1. The molecule has 3 aromatic rings. The first-order chi connectivity index (χ1) is 11.5. The second-order valence-electron chi connectivity index (χ2n) is 5.72. The normalized spacial score (nSPS) is 10.8. The highest BCUT2D eigenvalue weighted by molar-refractivity contribution is 6.30. The molecule has 0 amide bonds. The monoisotopic (exact) mass is 340 g/mol. The van der Waals surface area contributed by atoms with Crippen LogP contribution in [0.2, 0.25) is 5.02 Å². The number of rotatable bonds is 5. The summed E-state index contributed by atoms with van der Waals surface area (Å²) in [5.74, 6) is -0.0814. The van der Waals surface area contributed by atoms with Crippen molar-refractivity contribution in [1.82, 2.24) is 0 Å². The van der Waals surface area contributed by atoms with Gasteiger partial charge in [0, 0.05) is 5.02 Å². The van der Waals surface area contributed by atoms with Crippen LogP contribution in [-0.2, 0) is 17.6 Å². The maximum Gasteiger partial charge on any atom is 0.307 e. The fourth-order valence-corrected chi connectivity index (χ4v) is 2.99. The quantitative estimate of drug-likeness (QED) is 0.731. The van der Waals surface area contributed by atoms with Crippen molar-refractivity contribution in [2.75, 3.05) is 7.11 Å². The Hall–Kier alpha value is -2.52. The Morgan fingerprint density at radius 3 is 2.46 bits per heavy atom. The molecule has 0 aliphatic heterocycles. The van der Waals surface area contributed by atoms with Crippen molar-refractivity contribution in [2.24, 2.45) is 0 Å². The molecule has 1 N–H and O–H groups in total. The zero-order chi connectivity index (χ0) is 17.1. The molecule has 0 bridgehead atoms. The standard InChI is InChI=1S/C20H17ClO3/c1-24-18-6-7-19-15(8-13-2-4-17(21)5-3-13)9-14(11-20(22)23)10-16(19)12-18/h2-7,9-10,12H,8,11H2,1H3,(H,22,23). The molecule has 3 rings (SSSR count). The van der Waals surface area contributed by atoms with Crippen LogP contribution in [0.15, 0.2) is 54.6 Å². The number of hydrogen-bond donors (Lipinski definition) is 1. The average Bonchev–Trinajstić information content (AvgIpc) is 2.55. The van der Waals surface area contributed by atoms with Gasteiger partial charge < -0.3 is 9.84 Å². The molecule has 122 valence electrons. The third-order valence-corrected chi connectivity index (χ3v) is 4.22. The topological polar surface area (TPSA) is 46.5 Å². The lowest BCUT2D eigenvalue weighted by molar-refractivity contribution is -0.136. The van der Waals surface area contributed by atoms with Crippen molar-refractivity contribution in [1.29, 1.82) is 0 Å². The van der Waals surface area contributed by atoms with E-state index in [-0.39, 0.29) is 6.42 Å². The number of halogens is 1. The summed E-state index contributed by atoms with van der Waals surface area (Å²) in [6, 6.07) is 17.5. The smallest absolute Gasteiger partial charge is 0.307 e. The van der Waals surface area contributed by atoms with Gasteiger partial charge in [-0.1, -0.05) is 41.9 Å². The fourth-order valence-electron chi connectivity index (χ4n) is 2.87. The molecule has 0 heterocycles. The summed E-state index contributed by atoms with van der Waals surface area (Å²) in [6.07, 6.45) is 0.716. The number of carboxylic acid groups (broad SMARTS) is 1. The predicted octanol–water partition coefficient (Wildman–Crippen LogP) is 4.72. The molecule has 24 heavy (non-hydrogen) atoms. The number of methoxy groups -OCH3 is 1. The molecular weight excluding hydrogens is 324 g/mol. The third kappa shape index (κ3) is 3.69. The van der Waals surface area contributed by atoms with Gasteiger partial charge in [0.2, 0.25) is 0 Å². The molecule has 0 aliphatic carbocycles. The van der Waals surface area contributed by atoms with Crippen molar-refractivity contribution in [2.45, 2.75) is 12.8 Å². The molecule has 0 saturated carbocycles. The van der Waals surface area contributed by atoms with Gasteiger partial charge >= 0.3 is 5.97 Å². The first-order valence-corrected chi connectivity index (χ1v) is 7.99. The predicted molar refractivity (Wildman–Crippen MR) is 96.1 cm³/mol. The molecule has 3 nitrogen and oxygen atoms in total. The van der Waals surface area contributed by atoms with Crippen molar-refractivity contribution in [3.63, 3.8) is 0 Å². The molecule has 0 atom stereocenters. The summed E-state index contributed by atoms with van der Waals surface area (Å²) in [7, 11) is 1.62. The second-order valence-corrected chi connectivity index (χ2v) is 6.15. The lowest BCUT2D eigenvalue weighted by Crippen LogP contribution is -2.01. The highest BCUT2D eigenvalue weighted by Crippen LogP contribution is 2.28. The number of aliphatic carboxylic acids is 1. The van der Waals surface area contributed by atoms with Crippen LogP contribution in [0.5, 0.6) is 5.75 Å². The van der Waals surface area contributed by atoms with E-state index in [4.69, 9.17) is 21.4 Å². The summed E-state index contributed by atoms with van der Waals surface area (Å²) in [4.78, 5) is 11.1. The van der Waals surface area contributed by atoms with Gasteiger partial charge in [-0.05, 0) is 58.1 Å². The van der Waals surface area contributed by atoms with E-state index in [0.717, 1.165) is 33.2 Å². The van der Waals surface area contributed by atoms with Crippen LogP contribution in [0.25, 0.3) is 10.8 Å². The first kappa shape index (κ1) is 16.3. The minimum atomic E-state index is -0.838. The molecule has 0 fully saturated rings. The van der Waals surface area contributed by atoms with Crippen molar-refractivity contribution in [3.05, 3.63) is 76.3 Å². The van der Waals surface area contributed by atoms with Crippen molar-refractivity contribution < 1.29 is 14.6 Å². The Morgan fingerprint density at radius 1 is 1.04 bits per heavy atom. The molecule has 0 aliphatic rings. The molecule has 0 aromatic heterocycles. The van der Waals surface area contributed by atoms with Gasteiger partial charge in [0.25, 0.3) is 0 Å². The number of hydrogen-bond acceptors (Lipinski definition) is 2. The van der Waals surface area contributed by atoms with Crippen molar-refractivity contribution in [3.8, 4) is 5.75 Å². The van der Waals surface area contributed by atoms with Crippen molar-refractivity contribution >= 4 is 28.3 Å². The van der Waals surface area contributed by atoms with Crippen LogP contribution in [0, 0.1) is 0 Å². The van der Waals surface area contributed by atoms with E-state index in [1.165, 1.54) is 0 Å². The second kappa shape index (κ2) is 6.93. The number of carboxylic acids is 1. The number of fused-ring (bicyclic) bond motifs is 1. The summed E-state index contributed by atoms with van der Waals surface area (Å²) >= 11 is 5.95. The fraction of sp³-hybridized carbons (Fsp3) is 0.150. The average molecular weight is 341 g/mol. The number of benzene rings is 3. The van der Waals surface area contributed by atoms with E-state index in [2.05, 4.69) is 0 Å². The minimum absolute atomic E-state index is 0.000762. The van der Waals surface area contributed by atoms with E-state index < -0.39 is 5.97 Å². The van der Waals surface area contributed by atoms with Crippen LogP contribution in [-0.4, -0.2) is 18.2 Å². The van der Waals surface area contributed by atoms with Gasteiger partial charge in [-0.2, -0.15) is 0 Å². The first-order valence-electron chi connectivity index (χ1n) is 7.61. The molecule has 0 spiro atoms. The van der Waals surface area contributed by atoms with Crippen LogP contribution >= 0.6 is 11.6 Å². The summed E-state index contributed by atoms with van der Waals surface area (Å²) < 4.78 is 5.28. The Morgan fingerprint density at radius 2 is 1.79 bits per heavy atom. The molecule has 0 radical (unpaired) electrons. The van der Waals surface area contributed by atoms with Gasteiger partial charge in [-0.15, -0.1) is 0 Å². The van der Waals surface area contributed by atoms with E-state index in [1.54, 1.807) is 7.11 Å². The van der Waals surface area contributed by atoms with Gasteiger partial charge in [-0.25, -0.2) is 0 Å².